The van der Waals surface area contributed by atoms with E-state index in [1.165, 1.54) is 55.6 Å². The van der Waals surface area contributed by atoms with Crippen LogP contribution in [0.3, 0.4) is 0 Å². The van der Waals surface area contributed by atoms with Crippen LogP contribution in [0.15, 0.2) is 83.8 Å². The van der Waals surface area contributed by atoms with Crippen molar-refractivity contribution in [3.63, 3.8) is 0 Å². The summed E-state index contributed by atoms with van der Waals surface area (Å²) in [7, 11) is -2.24. The van der Waals surface area contributed by atoms with E-state index in [1.54, 1.807) is 0 Å². The molecule has 2 amide bonds. The largest absolute Gasteiger partial charge is 0.383 e. The highest BCUT2D eigenvalue weighted by molar-refractivity contribution is 7.89. The predicted molar refractivity (Wildman–Crippen MR) is 130 cm³/mol. The van der Waals surface area contributed by atoms with Crippen molar-refractivity contribution in [2.75, 3.05) is 25.6 Å². The molecule has 0 aliphatic heterocycles. The summed E-state index contributed by atoms with van der Waals surface area (Å²) in [6, 6.07) is 18.9. The number of halogens is 1. The third-order valence-electron chi connectivity index (χ3n) is 5.04. The Balaban J connectivity index is 1.73. The summed E-state index contributed by atoms with van der Waals surface area (Å²) in [5.74, 6) is -1.48. The number of amides is 2. The van der Waals surface area contributed by atoms with E-state index < -0.39 is 33.7 Å². The number of carbonyl (C=O) groups excluding carboxylic acids is 2. The van der Waals surface area contributed by atoms with Gasteiger partial charge in [-0.15, -0.1) is 0 Å². The van der Waals surface area contributed by atoms with Crippen LogP contribution in [0, 0.1) is 5.82 Å². The van der Waals surface area contributed by atoms with E-state index in [-0.39, 0.29) is 30.0 Å². The van der Waals surface area contributed by atoms with Gasteiger partial charge in [0.25, 0.3) is 5.91 Å². The fraction of sp³-hybridized carbons (Fsp3) is 0.200. The second-order valence-corrected chi connectivity index (χ2v) is 9.39. The van der Waals surface area contributed by atoms with Gasteiger partial charge >= 0.3 is 0 Å². The molecule has 0 bridgehead atoms. The second kappa shape index (κ2) is 12.2. The Morgan fingerprint density at radius 2 is 1.60 bits per heavy atom. The summed E-state index contributed by atoms with van der Waals surface area (Å²) < 4.78 is 45.1. The molecule has 3 rings (SSSR count). The molecule has 0 spiro atoms. The lowest BCUT2D eigenvalue weighted by molar-refractivity contribution is -0.118. The molecule has 0 radical (unpaired) electrons. The van der Waals surface area contributed by atoms with Gasteiger partial charge < -0.3 is 15.4 Å². The quantitative estimate of drug-likeness (QED) is 0.351. The van der Waals surface area contributed by atoms with Gasteiger partial charge in [0.1, 0.15) is 11.9 Å². The Hall–Kier alpha value is -3.60. The summed E-state index contributed by atoms with van der Waals surface area (Å²) in [4.78, 5) is 25.8. The van der Waals surface area contributed by atoms with Crippen molar-refractivity contribution >= 4 is 27.5 Å². The van der Waals surface area contributed by atoms with Crippen LogP contribution in [0.1, 0.15) is 15.9 Å². The van der Waals surface area contributed by atoms with Gasteiger partial charge in [0.05, 0.1) is 11.5 Å². The summed E-state index contributed by atoms with van der Waals surface area (Å²) in [6.45, 7) is 0.367. The SMILES string of the molecule is COCCNS(=O)(=O)c1ccc(NC(=O)C(Cc2ccccc2)NC(=O)c2ccc(F)cc2)cc1. The van der Waals surface area contributed by atoms with Gasteiger partial charge in [-0.2, -0.15) is 0 Å². The van der Waals surface area contributed by atoms with Crippen LogP contribution in [0.2, 0.25) is 0 Å². The first-order valence-corrected chi connectivity index (χ1v) is 12.3. The second-order valence-electron chi connectivity index (χ2n) is 7.63. The summed E-state index contributed by atoms with van der Waals surface area (Å²) >= 11 is 0. The average Bonchev–Trinajstić information content (AvgIpc) is 2.85. The maximum absolute atomic E-state index is 13.2. The number of hydrogen-bond acceptors (Lipinski definition) is 5. The zero-order valence-corrected chi connectivity index (χ0v) is 19.8. The minimum atomic E-state index is -3.71. The topological polar surface area (TPSA) is 114 Å². The smallest absolute Gasteiger partial charge is 0.251 e. The Bertz CT molecular complexity index is 1230. The van der Waals surface area contributed by atoms with Gasteiger partial charge in [-0.05, 0) is 54.1 Å². The summed E-state index contributed by atoms with van der Waals surface area (Å²) in [5.41, 5.74) is 1.41. The van der Waals surface area contributed by atoms with Crippen molar-refractivity contribution in [3.05, 3.63) is 95.8 Å². The molecule has 0 aliphatic rings. The molecule has 3 aromatic rings. The highest BCUT2D eigenvalue weighted by atomic mass is 32.2. The Morgan fingerprint density at radius 1 is 0.943 bits per heavy atom. The van der Waals surface area contributed by atoms with E-state index in [0.717, 1.165) is 5.56 Å². The van der Waals surface area contributed by atoms with Crippen molar-refractivity contribution in [3.8, 4) is 0 Å². The van der Waals surface area contributed by atoms with Gasteiger partial charge in [0.2, 0.25) is 15.9 Å². The third kappa shape index (κ3) is 7.71. The van der Waals surface area contributed by atoms with Crippen LogP contribution < -0.4 is 15.4 Å². The van der Waals surface area contributed by atoms with Crippen molar-refractivity contribution in [1.29, 1.82) is 0 Å². The lowest BCUT2D eigenvalue weighted by atomic mass is 10.0. The molecule has 0 aromatic heterocycles. The first-order chi connectivity index (χ1) is 16.8. The van der Waals surface area contributed by atoms with Gasteiger partial charge in [-0.1, -0.05) is 30.3 Å². The summed E-state index contributed by atoms with van der Waals surface area (Å²) in [6.07, 6.45) is 0.218. The molecule has 0 fully saturated rings. The minimum Gasteiger partial charge on any atom is -0.383 e. The molecule has 0 aliphatic carbocycles. The minimum absolute atomic E-state index is 0.0389. The first kappa shape index (κ1) is 26.0. The van der Waals surface area contributed by atoms with Crippen LogP contribution in [0.5, 0.6) is 0 Å². The van der Waals surface area contributed by atoms with Gasteiger partial charge in [0.15, 0.2) is 0 Å². The number of benzene rings is 3. The van der Waals surface area contributed by atoms with Gasteiger partial charge in [-0.3, -0.25) is 9.59 Å². The van der Waals surface area contributed by atoms with Crippen LogP contribution in [0.4, 0.5) is 10.1 Å². The number of hydrogen-bond donors (Lipinski definition) is 3. The maximum atomic E-state index is 13.2. The van der Waals surface area contributed by atoms with E-state index in [4.69, 9.17) is 4.74 Å². The molecule has 1 unspecified atom stereocenters. The van der Waals surface area contributed by atoms with Crippen LogP contribution >= 0.6 is 0 Å². The van der Waals surface area contributed by atoms with Crippen molar-refractivity contribution in [2.45, 2.75) is 17.4 Å². The number of sulfonamides is 1. The molecule has 184 valence electrons. The lowest BCUT2D eigenvalue weighted by Gasteiger charge is -2.19. The van der Waals surface area contributed by atoms with Crippen LogP contribution in [-0.4, -0.2) is 46.5 Å². The third-order valence-corrected chi connectivity index (χ3v) is 6.52. The molecular formula is C25H26FN3O5S. The molecule has 10 heteroatoms. The van der Waals surface area contributed by atoms with Gasteiger partial charge in [0, 0.05) is 31.3 Å². The normalized spacial score (nSPS) is 12.1. The standard InChI is InChI=1S/C25H26FN3O5S/c1-34-16-15-27-35(32,33)22-13-11-21(12-14-22)28-25(31)23(17-18-5-3-2-4-6-18)29-24(30)19-7-9-20(26)10-8-19/h2-14,23,27H,15-17H2,1H3,(H,28,31)(H,29,30). The molecule has 3 N–H and O–H groups in total. The Morgan fingerprint density at radius 3 is 2.23 bits per heavy atom. The number of carbonyl (C=O) groups is 2. The maximum Gasteiger partial charge on any atom is 0.251 e. The molecule has 0 heterocycles. The van der Waals surface area contributed by atoms with E-state index in [9.17, 15) is 22.4 Å². The molecule has 3 aromatic carbocycles. The monoisotopic (exact) mass is 499 g/mol. The van der Waals surface area contributed by atoms with Crippen molar-refractivity contribution in [2.24, 2.45) is 0 Å². The lowest BCUT2D eigenvalue weighted by Crippen LogP contribution is -2.45. The molecule has 0 saturated heterocycles. The van der Waals surface area contributed by atoms with E-state index in [2.05, 4.69) is 15.4 Å². The highest BCUT2D eigenvalue weighted by Crippen LogP contribution is 2.15. The number of rotatable bonds is 11. The number of nitrogens with one attached hydrogen (secondary N) is 3. The Kier molecular flexibility index (Phi) is 9.07. The first-order valence-electron chi connectivity index (χ1n) is 10.8. The average molecular weight is 500 g/mol. The van der Waals surface area contributed by atoms with Crippen LogP contribution in [0.25, 0.3) is 0 Å². The fourth-order valence-corrected chi connectivity index (χ4v) is 4.22. The fourth-order valence-electron chi connectivity index (χ4n) is 3.21. The number of anilines is 1. The van der Waals surface area contributed by atoms with E-state index in [1.807, 2.05) is 30.3 Å². The van der Waals surface area contributed by atoms with Crippen molar-refractivity contribution in [1.82, 2.24) is 10.0 Å². The van der Waals surface area contributed by atoms with Gasteiger partial charge in [-0.25, -0.2) is 17.5 Å². The predicted octanol–water partition coefficient (Wildman–Crippen LogP) is 2.73. The molecule has 0 saturated carbocycles. The molecule has 35 heavy (non-hydrogen) atoms. The van der Waals surface area contributed by atoms with Crippen molar-refractivity contribution < 1.29 is 27.1 Å². The summed E-state index contributed by atoms with van der Waals surface area (Å²) in [5, 5.41) is 5.40. The Labute approximate surface area is 203 Å². The zero-order chi connectivity index (χ0) is 25.3. The van der Waals surface area contributed by atoms with E-state index >= 15 is 0 Å². The molecule has 8 nitrogen and oxygen atoms in total. The van der Waals surface area contributed by atoms with E-state index in [0.29, 0.717) is 5.69 Å². The molecule has 1 atom stereocenters. The number of ether oxygens (including phenoxy) is 1. The zero-order valence-electron chi connectivity index (χ0n) is 19.0. The molecular weight excluding hydrogens is 473 g/mol. The number of methoxy groups -OCH3 is 1. The highest BCUT2D eigenvalue weighted by Gasteiger charge is 2.23. The van der Waals surface area contributed by atoms with Crippen LogP contribution in [-0.2, 0) is 26.0 Å².